The van der Waals surface area contributed by atoms with Gasteiger partial charge in [-0.2, -0.15) is 0 Å². The van der Waals surface area contributed by atoms with Gasteiger partial charge in [0, 0.05) is 13.1 Å². The molecule has 0 spiro atoms. The highest BCUT2D eigenvalue weighted by atomic mass is 35.5. The van der Waals surface area contributed by atoms with E-state index >= 15 is 0 Å². The van der Waals surface area contributed by atoms with Crippen molar-refractivity contribution in [3.8, 4) is 5.75 Å². The van der Waals surface area contributed by atoms with Crippen LogP contribution < -0.4 is 15.2 Å². The fraction of sp³-hybridized carbons (Fsp3) is 0.188. The number of hydrogen-bond donors (Lipinski definition) is 1. The maximum atomic E-state index is 12.7. The fourth-order valence-electron chi connectivity index (χ4n) is 2.37. The van der Waals surface area contributed by atoms with Gasteiger partial charge >= 0.3 is 5.76 Å². The number of nitrogens with zero attached hydrogens (tertiary/aromatic N) is 1. The van der Waals surface area contributed by atoms with Gasteiger partial charge in [-0.3, -0.25) is 9.29 Å². The molecule has 1 aromatic heterocycles. The Balaban J connectivity index is 2.07. The molecule has 0 atom stereocenters. The SMILES string of the molecule is CCOc1ccccc1NS(=O)(=O)c1cc2oc(=O)n(C)c2cc1Cl. The lowest BCUT2D eigenvalue weighted by atomic mass is 10.3. The zero-order valence-electron chi connectivity index (χ0n) is 13.4. The first-order chi connectivity index (χ1) is 11.8. The molecule has 0 saturated carbocycles. The number of fused-ring (bicyclic) bond motifs is 1. The van der Waals surface area contributed by atoms with Gasteiger partial charge in [-0.25, -0.2) is 13.2 Å². The molecule has 0 fully saturated rings. The molecule has 132 valence electrons. The second kappa shape index (κ2) is 6.45. The smallest absolute Gasteiger partial charge is 0.419 e. The lowest BCUT2D eigenvalue weighted by Crippen LogP contribution is -2.14. The van der Waals surface area contributed by atoms with E-state index in [-0.39, 0.29) is 21.2 Å². The number of nitrogens with one attached hydrogen (secondary N) is 1. The molecule has 25 heavy (non-hydrogen) atoms. The Hall–Kier alpha value is -2.45. The normalized spacial score (nSPS) is 11.6. The average molecular weight is 383 g/mol. The average Bonchev–Trinajstić information content (AvgIpc) is 2.83. The summed E-state index contributed by atoms with van der Waals surface area (Å²) in [6, 6.07) is 9.26. The molecule has 7 nitrogen and oxygen atoms in total. The highest BCUT2D eigenvalue weighted by molar-refractivity contribution is 7.92. The Labute approximate surface area is 148 Å². The predicted octanol–water partition coefficient (Wildman–Crippen LogP) is 2.98. The number of hydrogen-bond acceptors (Lipinski definition) is 5. The number of aryl methyl sites for hydroxylation is 1. The van der Waals surface area contributed by atoms with Crippen LogP contribution in [0, 0.1) is 0 Å². The molecule has 3 rings (SSSR count). The highest BCUT2D eigenvalue weighted by Gasteiger charge is 2.22. The minimum absolute atomic E-state index is 0.0229. The summed E-state index contributed by atoms with van der Waals surface area (Å²) >= 11 is 6.13. The zero-order valence-corrected chi connectivity index (χ0v) is 15.0. The van der Waals surface area contributed by atoms with Crippen LogP contribution in [0.15, 0.2) is 50.5 Å². The van der Waals surface area contributed by atoms with E-state index in [0.717, 1.165) is 0 Å². The summed E-state index contributed by atoms with van der Waals surface area (Å²) in [4.78, 5) is 11.4. The number of rotatable bonds is 5. The van der Waals surface area contributed by atoms with Gasteiger partial charge in [-0.05, 0) is 25.1 Å². The van der Waals surface area contributed by atoms with E-state index in [0.29, 0.717) is 17.9 Å². The number of benzene rings is 2. The molecule has 1 heterocycles. The van der Waals surface area contributed by atoms with E-state index in [9.17, 15) is 13.2 Å². The zero-order chi connectivity index (χ0) is 18.2. The molecular weight excluding hydrogens is 368 g/mol. The van der Waals surface area contributed by atoms with Crippen molar-refractivity contribution in [1.29, 1.82) is 0 Å². The minimum atomic E-state index is -4.01. The van der Waals surface area contributed by atoms with Crippen molar-refractivity contribution in [3.63, 3.8) is 0 Å². The van der Waals surface area contributed by atoms with Crippen LogP contribution >= 0.6 is 11.6 Å². The predicted molar refractivity (Wildman–Crippen MR) is 94.9 cm³/mol. The summed E-state index contributed by atoms with van der Waals surface area (Å²) in [7, 11) is -2.50. The van der Waals surface area contributed by atoms with Crippen LogP contribution in [0.4, 0.5) is 5.69 Å². The third-order valence-corrected chi connectivity index (χ3v) is 5.40. The Bertz CT molecular complexity index is 1100. The van der Waals surface area contributed by atoms with E-state index in [2.05, 4.69) is 4.72 Å². The molecule has 2 aromatic carbocycles. The molecule has 1 N–H and O–H groups in total. The van der Waals surface area contributed by atoms with Crippen LogP contribution in [0.3, 0.4) is 0 Å². The maximum Gasteiger partial charge on any atom is 0.419 e. The van der Waals surface area contributed by atoms with Gasteiger partial charge in [-0.15, -0.1) is 0 Å². The van der Waals surface area contributed by atoms with Gasteiger partial charge in [0.2, 0.25) is 0 Å². The largest absolute Gasteiger partial charge is 0.492 e. The molecule has 0 radical (unpaired) electrons. The first-order valence-corrected chi connectivity index (χ1v) is 9.23. The van der Waals surface area contributed by atoms with E-state index in [1.807, 2.05) is 0 Å². The summed E-state index contributed by atoms with van der Waals surface area (Å²) < 4.78 is 39.6. The summed E-state index contributed by atoms with van der Waals surface area (Å²) in [6.45, 7) is 2.19. The van der Waals surface area contributed by atoms with Crippen LogP contribution in [0.2, 0.25) is 5.02 Å². The maximum absolute atomic E-state index is 12.7. The molecule has 3 aromatic rings. The molecule has 0 amide bonds. The van der Waals surface area contributed by atoms with Crippen molar-refractivity contribution in [1.82, 2.24) is 4.57 Å². The summed E-state index contributed by atoms with van der Waals surface area (Å²) in [5.74, 6) is -0.202. The Morgan fingerprint density at radius 1 is 1.28 bits per heavy atom. The van der Waals surface area contributed by atoms with Crippen LogP contribution in [0.5, 0.6) is 5.75 Å². The molecular formula is C16H15ClN2O5S. The molecule has 0 bridgehead atoms. The van der Waals surface area contributed by atoms with Crippen LogP contribution in [-0.4, -0.2) is 19.6 Å². The van der Waals surface area contributed by atoms with E-state index in [1.165, 1.54) is 23.7 Å². The number of para-hydroxylation sites is 2. The number of sulfonamides is 1. The number of ether oxygens (including phenoxy) is 1. The molecule has 0 saturated heterocycles. The third kappa shape index (κ3) is 3.22. The van der Waals surface area contributed by atoms with Gasteiger partial charge in [0.1, 0.15) is 10.6 Å². The first-order valence-electron chi connectivity index (χ1n) is 7.37. The molecule has 0 aliphatic heterocycles. The number of halogens is 1. The van der Waals surface area contributed by atoms with Crippen molar-refractivity contribution in [2.45, 2.75) is 11.8 Å². The molecule has 9 heteroatoms. The third-order valence-electron chi connectivity index (χ3n) is 3.57. The van der Waals surface area contributed by atoms with Crippen LogP contribution in [0.1, 0.15) is 6.92 Å². The van der Waals surface area contributed by atoms with Crippen LogP contribution in [0.25, 0.3) is 11.1 Å². The van der Waals surface area contributed by atoms with Gasteiger partial charge < -0.3 is 9.15 Å². The van der Waals surface area contributed by atoms with Crippen molar-refractivity contribution in [2.24, 2.45) is 7.05 Å². The van der Waals surface area contributed by atoms with Crippen molar-refractivity contribution in [2.75, 3.05) is 11.3 Å². The highest BCUT2D eigenvalue weighted by Crippen LogP contribution is 2.31. The summed E-state index contributed by atoms with van der Waals surface area (Å²) in [5, 5.41) is -0.0229. The topological polar surface area (TPSA) is 90.5 Å². The standard InChI is InChI=1S/C16H15ClN2O5S/c1-3-23-13-7-5-4-6-11(13)18-25(21,22)15-9-14-12(8-10(15)17)19(2)16(20)24-14/h4-9,18H,3H2,1-2H3. The van der Waals surface area contributed by atoms with Gasteiger partial charge in [-0.1, -0.05) is 23.7 Å². The second-order valence-corrected chi connectivity index (χ2v) is 7.27. The number of oxazole rings is 1. The molecule has 0 aliphatic carbocycles. The van der Waals surface area contributed by atoms with E-state index in [1.54, 1.807) is 31.2 Å². The summed E-state index contributed by atoms with van der Waals surface area (Å²) in [5.41, 5.74) is 0.828. The Morgan fingerprint density at radius 3 is 2.72 bits per heavy atom. The quantitative estimate of drug-likeness (QED) is 0.732. The van der Waals surface area contributed by atoms with Crippen molar-refractivity contribution < 1.29 is 17.6 Å². The number of aromatic nitrogens is 1. The van der Waals surface area contributed by atoms with Crippen molar-refractivity contribution >= 4 is 38.4 Å². The fourth-order valence-corrected chi connectivity index (χ4v) is 3.98. The lowest BCUT2D eigenvalue weighted by Gasteiger charge is -2.13. The van der Waals surface area contributed by atoms with Crippen LogP contribution in [-0.2, 0) is 17.1 Å². The van der Waals surface area contributed by atoms with Crippen molar-refractivity contribution in [3.05, 3.63) is 52.0 Å². The Morgan fingerprint density at radius 2 is 2.00 bits per heavy atom. The molecule has 0 aliphatic rings. The molecule has 0 unspecified atom stereocenters. The van der Waals surface area contributed by atoms with E-state index < -0.39 is 15.8 Å². The monoisotopic (exact) mass is 382 g/mol. The Kier molecular flexibility index (Phi) is 4.49. The minimum Gasteiger partial charge on any atom is -0.492 e. The van der Waals surface area contributed by atoms with Gasteiger partial charge in [0.05, 0.1) is 22.8 Å². The van der Waals surface area contributed by atoms with E-state index in [4.69, 9.17) is 20.8 Å². The second-order valence-electron chi connectivity index (χ2n) is 5.21. The number of anilines is 1. The lowest BCUT2D eigenvalue weighted by molar-refractivity contribution is 0.342. The van der Waals surface area contributed by atoms with Gasteiger partial charge in [0.15, 0.2) is 5.58 Å². The first kappa shape index (κ1) is 17.4. The summed E-state index contributed by atoms with van der Waals surface area (Å²) in [6.07, 6.45) is 0. The van der Waals surface area contributed by atoms with Gasteiger partial charge in [0.25, 0.3) is 10.0 Å².